The number of aliphatic hydroxyl groups is 1. The molecule has 8 nitrogen and oxygen atoms in total. The van der Waals surface area contributed by atoms with Crippen molar-refractivity contribution in [2.24, 2.45) is 0 Å². The average molecular weight is 467 g/mol. The highest BCUT2D eigenvalue weighted by Crippen LogP contribution is 2.40. The third kappa shape index (κ3) is 4.82. The first-order valence-electron chi connectivity index (χ1n) is 11.2. The van der Waals surface area contributed by atoms with Gasteiger partial charge in [-0.1, -0.05) is 37.6 Å². The minimum absolute atomic E-state index is 0.0814. The number of rotatable bonds is 8. The summed E-state index contributed by atoms with van der Waals surface area (Å²) in [6.07, 6.45) is 0. The van der Waals surface area contributed by atoms with Crippen LogP contribution < -0.4 is 0 Å². The number of hydrogen-bond donors (Lipinski definition) is 2. The number of aryl methyl sites for hydroxylation is 1. The van der Waals surface area contributed by atoms with Gasteiger partial charge in [-0.25, -0.2) is 4.79 Å². The van der Waals surface area contributed by atoms with E-state index in [2.05, 4.69) is 4.90 Å². The van der Waals surface area contributed by atoms with Gasteiger partial charge in [0.1, 0.15) is 11.5 Å². The lowest BCUT2D eigenvalue weighted by Gasteiger charge is -2.28. The molecule has 1 unspecified atom stereocenters. The van der Waals surface area contributed by atoms with Crippen LogP contribution in [0.15, 0.2) is 48.0 Å². The van der Waals surface area contributed by atoms with Crippen LogP contribution in [0.4, 0.5) is 0 Å². The first-order valence-corrected chi connectivity index (χ1v) is 11.2. The molecule has 1 aliphatic rings. The summed E-state index contributed by atoms with van der Waals surface area (Å²) in [5.74, 6) is -2.68. The first-order chi connectivity index (χ1) is 16.2. The van der Waals surface area contributed by atoms with Crippen molar-refractivity contribution in [3.8, 4) is 5.75 Å². The average Bonchev–Trinajstić information content (AvgIpc) is 3.10. The van der Waals surface area contributed by atoms with Crippen LogP contribution in [0, 0.1) is 6.92 Å². The molecule has 2 aromatic carbocycles. The van der Waals surface area contributed by atoms with Gasteiger partial charge < -0.3 is 24.7 Å². The normalized spacial score (nSPS) is 17.4. The largest absolute Gasteiger partial charge is 0.507 e. The molecule has 1 amide bonds. The molecule has 0 spiro atoms. The fourth-order valence-electron chi connectivity index (χ4n) is 4.15. The molecule has 0 bridgehead atoms. The van der Waals surface area contributed by atoms with Crippen LogP contribution in [0.2, 0.25) is 0 Å². The molecule has 1 fully saturated rings. The molecule has 1 atom stereocenters. The van der Waals surface area contributed by atoms with E-state index in [0.29, 0.717) is 17.7 Å². The Balaban J connectivity index is 2.14. The van der Waals surface area contributed by atoms with Crippen LogP contribution in [0.3, 0.4) is 0 Å². The number of Topliss-reactive ketones (excluding diaryl/α,β-unsaturated/α-hetero) is 1. The quantitative estimate of drug-likeness (QED) is 0.266. The number of amides is 1. The maximum atomic E-state index is 13.1. The lowest BCUT2D eigenvalue weighted by Crippen LogP contribution is -2.38. The van der Waals surface area contributed by atoms with Gasteiger partial charge in [0, 0.05) is 13.1 Å². The number of phenolic OH excluding ortho intramolecular Hbond substituents is 1. The molecule has 0 saturated carbocycles. The first kappa shape index (κ1) is 25.0. The Bertz CT molecular complexity index is 1120. The van der Waals surface area contributed by atoms with Gasteiger partial charge in [-0.15, -0.1) is 0 Å². The minimum Gasteiger partial charge on any atom is -0.507 e. The fraction of sp³-hybridized carbons (Fsp3) is 0.346. The molecule has 0 aliphatic carbocycles. The van der Waals surface area contributed by atoms with E-state index in [1.54, 1.807) is 43.3 Å². The number of nitrogens with zero attached hydrogens (tertiary/aromatic N) is 2. The van der Waals surface area contributed by atoms with Crippen LogP contribution in [-0.4, -0.2) is 71.0 Å². The highest BCUT2D eigenvalue weighted by Gasteiger charge is 2.46. The minimum atomic E-state index is -0.873. The maximum absolute atomic E-state index is 13.1. The zero-order valence-corrected chi connectivity index (χ0v) is 19.9. The molecule has 0 radical (unpaired) electrons. The van der Waals surface area contributed by atoms with E-state index in [9.17, 15) is 24.6 Å². The molecule has 1 saturated heterocycles. The lowest BCUT2D eigenvalue weighted by molar-refractivity contribution is -0.140. The van der Waals surface area contributed by atoms with E-state index in [1.165, 1.54) is 18.1 Å². The molecule has 3 rings (SSSR count). The topological polar surface area (TPSA) is 107 Å². The Morgan fingerprint density at radius 1 is 1.09 bits per heavy atom. The number of esters is 1. The second-order valence-electron chi connectivity index (χ2n) is 8.15. The second kappa shape index (κ2) is 10.5. The Hall–Kier alpha value is -3.65. The Kier molecular flexibility index (Phi) is 7.73. The molecular weight excluding hydrogens is 436 g/mol. The molecule has 1 heterocycles. The maximum Gasteiger partial charge on any atom is 0.337 e. The van der Waals surface area contributed by atoms with E-state index in [4.69, 9.17) is 4.74 Å². The molecule has 8 heteroatoms. The highest BCUT2D eigenvalue weighted by molar-refractivity contribution is 6.46. The number of carbonyl (C=O) groups excluding carboxylic acids is 3. The third-order valence-corrected chi connectivity index (χ3v) is 6.15. The molecule has 34 heavy (non-hydrogen) atoms. The smallest absolute Gasteiger partial charge is 0.337 e. The van der Waals surface area contributed by atoms with Crippen LogP contribution in [0.5, 0.6) is 5.75 Å². The third-order valence-electron chi connectivity index (χ3n) is 6.15. The number of hydrogen-bond acceptors (Lipinski definition) is 7. The number of ether oxygens (including phenoxy) is 1. The summed E-state index contributed by atoms with van der Waals surface area (Å²) >= 11 is 0. The predicted octanol–water partition coefficient (Wildman–Crippen LogP) is 3.25. The number of aromatic hydroxyl groups is 1. The monoisotopic (exact) mass is 466 g/mol. The lowest BCUT2D eigenvalue weighted by atomic mass is 9.94. The van der Waals surface area contributed by atoms with Crippen LogP contribution in [-0.2, 0) is 14.3 Å². The van der Waals surface area contributed by atoms with Gasteiger partial charge in [0.25, 0.3) is 11.7 Å². The number of aliphatic hydroxyl groups excluding tert-OH is 1. The SMILES string of the molecule is CCN(CC)CCN1C(=O)C(=O)C(=C(O)c2cc(C)ccc2O)C1c1ccc(C(=O)OC)cc1. The van der Waals surface area contributed by atoms with E-state index in [0.717, 1.165) is 18.7 Å². The number of likely N-dealkylation sites (tertiary alicyclic amines) is 1. The number of ketones is 1. The summed E-state index contributed by atoms with van der Waals surface area (Å²) in [5, 5.41) is 21.5. The predicted molar refractivity (Wildman–Crippen MR) is 127 cm³/mol. The summed E-state index contributed by atoms with van der Waals surface area (Å²) in [6, 6.07) is 10.2. The molecular formula is C26H30N2O6. The van der Waals surface area contributed by atoms with Gasteiger partial charge in [0.2, 0.25) is 0 Å². The zero-order valence-electron chi connectivity index (χ0n) is 19.9. The van der Waals surface area contributed by atoms with E-state index >= 15 is 0 Å². The standard InChI is InChI=1S/C26H30N2O6/c1-5-27(6-2)13-14-28-22(17-8-10-18(11-9-17)26(33)34-4)21(24(31)25(28)32)23(30)19-15-16(3)7-12-20(19)29/h7-12,15,22,29-30H,5-6,13-14H2,1-4H3. The van der Waals surface area contributed by atoms with Crippen molar-refractivity contribution in [3.63, 3.8) is 0 Å². The molecule has 180 valence electrons. The van der Waals surface area contributed by atoms with Crippen molar-refractivity contribution in [1.82, 2.24) is 9.80 Å². The Labute approximate surface area is 199 Å². The summed E-state index contributed by atoms with van der Waals surface area (Å²) < 4.78 is 4.75. The fourth-order valence-corrected chi connectivity index (χ4v) is 4.15. The number of likely N-dealkylation sites (N-methyl/N-ethyl adjacent to an activating group) is 1. The van der Waals surface area contributed by atoms with Crippen molar-refractivity contribution in [2.45, 2.75) is 26.8 Å². The van der Waals surface area contributed by atoms with Crippen molar-refractivity contribution < 1.29 is 29.3 Å². The number of benzene rings is 2. The van der Waals surface area contributed by atoms with Crippen molar-refractivity contribution >= 4 is 23.4 Å². The molecule has 1 aliphatic heterocycles. The van der Waals surface area contributed by atoms with Crippen LogP contribution >= 0.6 is 0 Å². The number of carbonyl (C=O) groups is 3. The summed E-state index contributed by atoms with van der Waals surface area (Å²) in [5.41, 5.74) is 1.63. The van der Waals surface area contributed by atoms with E-state index in [1.807, 2.05) is 13.8 Å². The van der Waals surface area contributed by atoms with Gasteiger partial charge in [-0.2, -0.15) is 0 Å². The van der Waals surface area contributed by atoms with E-state index in [-0.39, 0.29) is 23.4 Å². The highest BCUT2D eigenvalue weighted by atomic mass is 16.5. The van der Waals surface area contributed by atoms with Gasteiger partial charge >= 0.3 is 5.97 Å². The van der Waals surface area contributed by atoms with Crippen LogP contribution in [0.25, 0.3) is 5.76 Å². The Morgan fingerprint density at radius 2 is 1.74 bits per heavy atom. The van der Waals surface area contributed by atoms with Gasteiger partial charge in [-0.3, -0.25) is 9.59 Å². The van der Waals surface area contributed by atoms with Crippen molar-refractivity contribution in [3.05, 3.63) is 70.3 Å². The van der Waals surface area contributed by atoms with Gasteiger partial charge in [0.15, 0.2) is 0 Å². The van der Waals surface area contributed by atoms with Gasteiger partial charge in [-0.05, 0) is 49.8 Å². The van der Waals surface area contributed by atoms with E-state index < -0.39 is 29.5 Å². The summed E-state index contributed by atoms with van der Waals surface area (Å²) in [7, 11) is 1.28. The van der Waals surface area contributed by atoms with Crippen molar-refractivity contribution in [2.75, 3.05) is 33.3 Å². The molecule has 0 aromatic heterocycles. The molecule has 2 N–H and O–H groups in total. The number of phenols is 1. The summed E-state index contributed by atoms with van der Waals surface area (Å²) in [6.45, 7) is 8.22. The molecule has 2 aromatic rings. The van der Waals surface area contributed by atoms with Crippen LogP contribution in [0.1, 0.15) is 46.9 Å². The van der Waals surface area contributed by atoms with Gasteiger partial charge in [0.05, 0.1) is 29.9 Å². The Morgan fingerprint density at radius 3 is 2.32 bits per heavy atom. The number of methoxy groups -OCH3 is 1. The second-order valence-corrected chi connectivity index (χ2v) is 8.15. The zero-order chi connectivity index (χ0) is 25.0. The summed E-state index contributed by atoms with van der Waals surface area (Å²) in [4.78, 5) is 41.6. The van der Waals surface area contributed by atoms with Crippen molar-refractivity contribution in [1.29, 1.82) is 0 Å².